The SMILES string of the molecule is CCOC(=O)/C(C#N)=C\[C@@H]1[C@@H](c2ccccc2)[C@H](c2ccccc2)N(O)[C@@]12C(=O)N(C(=O)OC(C)(C)C)c1ccccc12. The van der Waals surface area contributed by atoms with Gasteiger partial charge in [-0.15, -0.1) is 0 Å². The number of fused-ring (bicyclic) bond motifs is 2. The van der Waals surface area contributed by atoms with Crippen molar-refractivity contribution in [1.82, 2.24) is 5.06 Å². The number of benzene rings is 3. The first-order valence-corrected chi connectivity index (χ1v) is 14.1. The molecule has 43 heavy (non-hydrogen) atoms. The number of carbonyl (C=O) groups is 3. The molecule has 9 nitrogen and oxygen atoms in total. The van der Waals surface area contributed by atoms with Gasteiger partial charge in [0.05, 0.1) is 18.3 Å². The van der Waals surface area contributed by atoms with E-state index in [-0.39, 0.29) is 17.9 Å². The molecule has 0 aromatic heterocycles. The van der Waals surface area contributed by atoms with Crippen LogP contribution in [-0.2, 0) is 24.6 Å². The highest BCUT2D eigenvalue weighted by atomic mass is 16.6. The monoisotopic (exact) mass is 579 g/mol. The molecule has 0 aliphatic carbocycles. The molecule has 4 atom stereocenters. The number of rotatable bonds is 5. The van der Waals surface area contributed by atoms with Crippen molar-refractivity contribution in [3.63, 3.8) is 0 Å². The lowest BCUT2D eigenvalue weighted by molar-refractivity contribution is -0.189. The molecular formula is C34H33N3O6. The molecule has 2 heterocycles. The lowest BCUT2D eigenvalue weighted by atomic mass is 9.71. The summed E-state index contributed by atoms with van der Waals surface area (Å²) in [5.41, 5.74) is -1.09. The van der Waals surface area contributed by atoms with Crippen LogP contribution in [0.4, 0.5) is 10.5 Å². The van der Waals surface area contributed by atoms with E-state index in [1.54, 1.807) is 52.0 Å². The number of hydroxylamine groups is 2. The Balaban J connectivity index is 1.84. The van der Waals surface area contributed by atoms with Crippen LogP contribution in [-0.4, -0.2) is 40.4 Å². The number of ether oxygens (including phenoxy) is 2. The lowest BCUT2D eigenvalue weighted by Crippen LogP contribution is -2.53. The summed E-state index contributed by atoms with van der Waals surface area (Å²) in [6, 6.07) is 26.3. The van der Waals surface area contributed by atoms with Crippen LogP contribution < -0.4 is 4.90 Å². The maximum Gasteiger partial charge on any atom is 0.421 e. The molecular weight excluding hydrogens is 546 g/mol. The van der Waals surface area contributed by atoms with Crippen LogP contribution in [0.1, 0.15) is 56.3 Å². The molecule has 2 aliphatic heterocycles. The van der Waals surface area contributed by atoms with Crippen molar-refractivity contribution in [1.29, 1.82) is 5.26 Å². The summed E-state index contributed by atoms with van der Waals surface area (Å²) < 4.78 is 10.8. The molecule has 1 fully saturated rings. The fraction of sp³-hybridized carbons (Fsp3) is 0.294. The fourth-order valence-electron chi connectivity index (χ4n) is 6.23. The van der Waals surface area contributed by atoms with Crippen LogP contribution in [0.15, 0.2) is 96.6 Å². The van der Waals surface area contributed by atoms with Crippen LogP contribution in [0, 0.1) is 17.2 Å². The van der Waals surface area contributed by atoms with E-state index in [0.717, 1.165) is 15.5 Å². The summed E-state index contributed by atoms with van der Waals surface area (Å²) in [7, 11) is 0. The van der Waals surface area contributed by atoms with E-state index in [9.17, 15) is 24.9 Å². The molecule has 0 unspecified atom stereocenters. The lowest BCUT2D eigenvalue weighted by Gasteiger charge is -2.35. The highest BCUT2D eigenvalue weighted by Crippen LogP contribution is 2.63. The second-order valence-electron chi connectivity index (χ2n) is 11.5. The summed E-state index contributed by atoms with van der Waals surface area (Å²) in [5, 5.41) is 23.5. The predicted molar refractivity (Wildman–Crippen MR) is 158 cm³/mol. The van der Waals surface area contributed by atoms with Gasteiger partial charge in [-0.25, -0.2) is 14.5 Å². The molecule has 220 valence electrons. The number of para-hydroxylation sites is 1. The van der Waals surface area contributed by atoms with Gasteiger partial charge in [0.15, 0.2) is 5.54 Å². The number of esters is 1. The smallest absolute Gasteiger partial charge is 0.421 e. The van der Waals surface area contributed by atoms with E-state index >= 15 is 0 Å². The summed E-state index contributed by atoms with van der Waals surface area (Å²) in [6.07, 6.45) is 0.512. The molecule has 2 amide bonds. The minimum Gasteiger partial charge on any atom is -0.462 e. The zero-order valence-corrected chi connectivity index (χ0v) is 24.4. The van der Waals surface area contributed by atoms with E-state index in [4.69, 9.17) is 9.47 Å². The average Bonchev–Trinajstić information content (AvgIpc) is 3.40. The van der Waals surface area contributed by atoms with Crippen LogP contribution in [0.25, 0.3) is 0 Å². The van der Waals surface area contributed by atoms with Gasteiger partial charge in [-0.2, -0.15) is 10.3 Å². The number of carbonyl (C=O) groups excluding carboxylic acids is 3. The molecule has 1 spiro atoms. The van der Waals surface area contributed by atoms with Gasteiger partial charge >= 0.3 is 12.1 Å². The Labute approximate surface area is 250 Å². The minimum absolute atomic E-state index is 0.0444. The van der Waals surface area contributed by atoms with Gasteiger partial charge in [-0.05, 0) is 44.9 Å². The van der Waals surface area contributed by atoms with Crippen molar-refractivity contribution >= 4 is 23.7 Å². The topological polar surface area (TPSA) is 120 Å². The molecule has 2 aliphatic rings. The zero-order valence-electron chi connectivity index (χ0n) is 24.4. The number of nitriles is 1. The highest BCUT2D eigenvalue weighted by molar-refractivity contribution is 6.21. The molecule has 0 radical (unpaired) electrons. The molecule has 5 rings (SSSR count). The number of hydrogen-bond donors (Lipinski definition) is 1. The Hall–Kier alpha value is -4.78. The van der Waals surface area contributed by atoms with Crippen LogP contribution in [0.3, 0.4) is 0 Å². The van der Waals surface area contributed by atoms with Gasteiger partial charge < -0.3 is 14.7 Å². The van der Waals surface area contributed by atoms with Crippen molar-refractivity contribution in [2.45, 2.75) is 50.8 Å². The molecule has 1 N–H and O–H groups in total. The third-order valence-electron chi connectivity index (χ3n) is 7.78. The Morgan fingerprint density at radius 2 is 1.56 bits per heavy atom. The van der Waals surface area contributed by atoms with E-state index < -0.39 is 47.0 Å². The van der Waals surface area contributed by atoms with Crippen molar-refractivity contribution in [3.05, 3.63) is 113 Å². The Kier molecular flexibility index (Phi) is 7.93. The van der Waals surface area contributed by atoms with Crippen LogP contribution in [0.5, 0.6) is 0 Å². The number of hydrogen-bond acceptors (Lipinski definition) is 8. The number of amides is 2. The molecule has 0 saturated carbocycles. The van der Waals surface area contributed by atoms with Crippen molar-refractivity contribution in [3.8, 4) is 6.07 Å². The van der Waals surface area contributed by atoms with Crippen molar-refractivity contribution in [2.24, 2.45) is 5.92 Å². The van der Waals surface area contributed by atoms with Crippen LogP contribution in [0.2, 0.25) is 0 Å². The molecule has 0 bridgehead atoms. The second kappa shape index (κ2) is 11.5. The fourth-order valence-corrected chi connectivity index (χ4v) is 6.23. The van der Waals surface area contributed by atoms with E-state index in [1.165, 1.54) is 6.08 Å². The Bertz CT molecular complexity index is 1610. The summed E-state index contributed by atoms with van der Waals surface area (Å²) >= 11 is 0. The summed E-state index contributed by atoms with van der Waals surface area (Å²) in [6.45, 7) is 6.77. The maximum absolute atomic E-state index is 14.8. The first-order chi connectivity index (χ1) is 20.6. The van der Waals surface area contributed by atoms with Gasteiger partial charge in [-0.3, -0.25) is 4.79 Å². The molecule has 3 aromatic carbocycles. The maximum atomic E-state index is 14.8. The van der Waals surface area contributed by atoms with Crippen LogP contribution >= 0.6 is 0 Å². The van der Waals surface area contributed by atoms with E-state index in [2.05, 4.69) is 0 Å². The van der Waals surface area contributed by atoms with E-state index in [1.807, 2.05) is 66.7 Å². The molecule has 3 aromatic rings. The quantitative estimate of drug-likeness (QED) is 0.221. The van der Waals surface area contributed by atoms with E-state index in [0.29, 0.717) is 11.1 Å². The largest absolute Gasteiger partial charge is 0.462 e. The molecule has 9 heteroatoms. The predicted octanol–water partition coefficient (Wildman–Crippen LogP) is 6.02. The van der Waals surface area contributed by atoms with Crippen molar-refractivity contribution < 1.29 is 29.1 Å². The second-order valence-corrected chi connectivity index (χ2v) is 11.5. The number of imide groups is 1. The van der Waals surface area contributed by atoms with Gasteiger partial charge in [0.2, 0.25) is 0 Å². The Morgan fingerprint density at radius 1 is 0.977 bits per heavy atom. The highest BCUT2D eigenvalue weighted by Gasteiger charge is 2.69. The number of nitrogens with zero attached hydrogens (tertiary/aromatic N) is 3. The average molecular weight is 580 g/mol. The van der Waals surface area contributed by atoms with Gasteiger partial charge in [-0.1, -0.05) is 84.9 Å². The number of anilines is 1. The third-order valence-corrected chi connectivity index (χ3v) is 7.78. The standard InChI is InChI=1S/C34H33N3O6/c1-5-42-30(38)24(21-35)20-26-28(22-14-8-6-9-15-22)29(23-16-10-7-11-17-23)37(41)34(26)25-18-12-13-19-27(25)36(31(34)39)32(40)43-33(2,3)4/h6-20,26,28-29,41H,5H2,1-4H3/b24-20-/t26-,28-,29+,34-/m1/s1. The zero-order chi connectivity index (χ0) is 30.9. The van der Waals surface area contributed by atoms with Gasteiger partial charge in [0.1, 0.15) is 17.2 Å². The third kappa shape index (κ3) is 4.99. The van der Waals surface area contributed by atoms with Gasteiger partial charge in [0, 0.05) is 17.4 Å². The normalized spacial score (nSPS) is 23.6. The Morgan fingerprint density at radius 3 is 2.14 bits per heavy atom. The van der Waals surface area contributed by atoms with Crippen molar-refractivity contribution in [2.75, 3.05) is 11.5 Å². The first-order valence-electron chi connectivity index (χ1n) is 14.1. The summed E-state index contributed by atoms with van der Waals surface area (Å²) in [4.78, 5) is 42.3. The van der Waals surface area contributed by atoms with Gasteiger partial charge in [0.25, 0.3) is 5.91 Å². The molecule has 1 saturated heterocycles. The minimum atomic E-state index is -1.91. The first kappa shape index (κ1) is 29.7. The summed E-state index contributed by atoms with van der Waals surface area (Å²) in [5.74, 6) is -3.26.